The van der Waals surface area contributed by atoms with Gasteiger partial charge in [0.15, 0.2) is 0 Å². The van der Waals surface area contributed by atoms with Crippen LogP contribution in [-0.2, 0) is 20.7 Å². The van der Waals surface area contributed by atoms with Gasteiger partial charge in [-0.25, -0.2) is 9.78 Å². The summed E-state index contributed by atoms with van der Waals surface area (Å²) < 4.78 is 24.2. The molecule has 0 aliphatic heterocycles. The van der Waals surface area contributed by atoms with Gasteiger partial charge in [0.1, 0.15) is 17.2 Å². The van der Waals surface area contributed by atoms with Gasteiger partial charge < -0.3 is 18.9 Å². The van der Waals surface area contributed by atoms with Crippen molar-refractivity contribution in [1.82, 2.24) is 4.98 Å². The first kappa shape index (κ1) is 40.2. The molecule has 5 aromatic rings. The van der Waals surface area contributed by atoms with Crippen LogP contribution < -0.4 is 19.6 Å². The molecule has 56 heavy (non-hydrogen) atoms. The minimum atomic E-state index is -0.383. The van der Waals surface area contributed by atoms with E-state index in [-0.39, 0.29) is 17.9 Å². The predicted molar refractivity (Wildman–Crippen MR) is 225 cm³/mol. The van der Waals surface area contributed by atoms with E-state index in [0.29, 0.717) is 31.5 Å². The second-order valence-electron chi connectivity index (χ2n) is 14.1. The maximum absolute atomic E-state index is 13.1. The van der Waals surface area contributed by atoms with Crippen LogP contribution in [0.15, 0.2) is 109 Å². The molecule has 0 radical (unpaired) electrons. The lowest BCUT2D eigenvalue weighted by atomic mass is 9.82. The van der Waals surface area contributed by atoms with Crippen molar-refractivity contribution in [1.29, 1.82) is 0 Å². The third kappa shape index (κ3) is 12.0. The van der Waals surface area contributed by atoms with Crippen molar-refractivity contribution in [2.24, 2.45) is 16.9 Å². The van der Waals surface area contributed by atoms with Crippen LogP contribution in [0.25, 0.3) is 21.3 Å². The number of hydrogen-bond donors (Lipinski definition) is 1. The number of aromatic nitrogens is 1. The molecule has 10 heteroatoms. The van der Waals surface area contributed by atoms with E-state index in [0.717, 1.165) is 108 Å². The fraction of sp³-hybridized carbons (Fsp3) is 0.348. The van der Waals surface area contributed by atoms with Crippen molar-refractivity contribution in [3.63, 3.8) is 0 Å². The molecule has 1 aliphatic rings. The quantitative estimate of drug-likeness (QED) is 0.0208. The average Bonchev–Trinajstić information content (AvgIpc) is 3.65. The Morgan fingerprint density at radius 1 is 0.857 bits per heavy atom. The van der Waals surface area contributed by atoms with Crippen LogP contribution in [-0.4, -0.2) is 43.0 Å². The number of ether oxygens (including phenoxy) is 4. The Bertz CT molecular complexity index is 2020. The maximum Gasteiger partial charge on any atom is 0.330 e. The van der Waals surface area contributed by atoms with Crippen LogP contribution in [0.1, 0.15) is 75.8 Å². The summed E-state index contributed by atoms with van der Waals surface area (Å²) >= 11 is 1.56. The molecule has 4 aromatic carbocycles. The summed E-state index contributed by atoms with van der Waals surface area (Å²) in [6, 6.07) is 30.3. The summed E-state index contributed by atoms with van der Waals surface area (Å²) in [5.74, 6) is 1.65. The first-order chi connectivity index (χ1) is 27.5. The smallest absolute Gasteiger partial charge is 0.330 e. The molecule has 1 saturated carbocycles. The molecule has 9 nitrogen and oxygen atoms in total. The summed E-state index contributed by atoms with van der Waals surface area (Å²) in [5, 5.41) is 5.29. The third-order valence-corrected chi connectivity index (χ3v) is 10.8. The number of fused-ring (bicyclic) bond motifs is 1. The summed E-state index contributed by atoms with van der Waals surface area (Å²) in [6.07, 6.45) is 12.1. The van der Waals surface area contributed by atoms with Crippen molar-refractivity contribution in [3.8, 4) is 28.4 Å². The minimum Gasteiger partial charge on any atom is -0.494 e. The molecule has 0 unspecified atom stereocenters. The van der Waals surface area contributed by atoms with Crippen molar-refractivity contribution in [3.05, 3.63) is 115 Å². The zero-order valence-corrected chi connectivity index (χ0v) is 32.9. The number of unbranched alkanes of at least 4 members (excludes halogenated alkanes) is 3. The molecule has 0 amide bonds. The molecule has 6 rings (SSSR count). The van der Waals surface area contributed by atoms with E-state index in [1.165, 1.54) is 11.6 Å². The Hall–Kier alpha value is -5.48. The number of para-hydroxylation sites is 1. The number of hydrazone groups is 1. The Labute approximate surface area is 333 Å². The lowest BCUT2D eigenvalue weighted by Gasteiger charge is -2.27. The summed E-state index contributed by atoms with van der Waals surface area (Å²) in [4.78, 5) is 28.8. The molecule has 0 bridgehead atoms. The Morgan fingerprint density at radius 2 is 1.59 bits per heavy atom. The average molecular weight is 774 g/mol. The first-order valence-electron chi connectivity index (χ1n) is 19.7. The van der Waals surface area contributed by atoms with Gasteiger partial charge in [0.2, 0.25) is 5.13 Å². The van der Waals surface area contributed by atoms with Crippen LogP contribution in [0.2, 0.25) is 0 Å². The number of aryl methyl sites for hydroxylation is 1. The first-order valence-corrected chi connectivity index (χ1v) is 20.5. The molecular weight excluding hydrogens is 723 g/mol. The molecule has 1 aromatic heterocycles. The highest BCUT2D eigenvalue weighted by Crippen LogP contribution is 2.33. The monoisotopic (exact) mass is 773 g/mol. The highest BCUT2D eigenvalue weighted by molar-refractivity contribution is 7.22. The van der Waals surface area contributed by atoms with Crippen LogP contribution in [0, 0.1) is 11.8 Å². The van der Waals surface area contributed by atoms with Crippen molar-refractivity contribution in [2.75, 3.05) is 25.2 Å². The normalized spacial score (nSPS) is 15.4. The van der Waals surface area contributed by atoms with E-state index in [1.807, 2.05) is 36.4 Å². The van der Waals surface area contributed by atoms with Crippen LogP contribution in [0.3, 0.4) is 0 Å². The molecule has 1 aliphatic carbocycles. The Balaban J connectivity index is 0.968. The van der Waals surface area contributed by atoms with E-state index < -0.39 is 0 Å². The number of esters is 2. The lowest BCUT2D eigenvalue weighted by Crippen LogP contribution is -2.27. The maximum atomic E-state index is 13.1. The van der Waals surface area contributed by atoms with Crippen LogP contribution >= 0.6 is 11.3 Å². The van der Waals surface area contributed by atoms with Gasteiger partial charge in [-0.15, -0.1) is 0 Å². The number of carbonyl (C=O) groups excluding carboxylic acids is 2. The predicted octanol–water partition coefficient (Wildman–Crippen LogP) is 10.8. The molecule has 1 fully saturated rings. The fourth-order valence-electron chi connectivity index (χ4n) is 6.75. The number of rotatable bonds is 20. The fourth-order valence-corrected chi connectivity index (χ4v) is 7.56. The van der Waals surface area contributed by atoms with Crippen molar-refractivity contribution < 1.29 is 28.5 Å². The molecule has 1 N–H and O–H groups in total. The molecular formula is C46H51N3O6S. The third-order valence-electron chi connectivity index (χ3n) is 9.91. The van der Waals surface area contributed by atoms with Gasteiger partial charge in [-0.2, -0.15) is 5.10 Å². The highest BCUT2D eigenvalue weighted by Gasteiger charge is 2.28. The minimum absolute atomic E-state index is 0.137. The standard InChI is InChI=1S/C46H51N3O6S/c1-3-11-33-14-18-35(19-15-33)37-22-27-42(38(30-37)31-47-49-46-48-41-12-7-8-13-43(41)56-46)54-32-34-16-20-36(21-17-34)45(51)55-40-25-23-39(24-26-40)52-28-9-5-6-10-29-53-44(50)4-2/h4,7-8,12-15,18-19,22-27,30-31,34,36H,2-3,5-6,9-11,16-17,20-21,28-29,32H2,1H3,(H,48,49)/b47-31+. The zero-order chi connectivity index (χ0) is 39.0. The lowest BCUT2D eigenvalue weighted by molar-refractivity contribution is -0.140. The number of carbonyl (C=O) groups is 2. The van der Waals surface area contributed by atoms with E-state index >= 15 is 0 Å². The van der Waals surface area contributed by atoms with Gasteiger partial charge in [-0.05, 0) is 129 Å². The van der Waals surface area contributed by atoms with Gasteiger partial charge in [0.05, 0.1) is 42.2 Å². The van der Waals surface area contributed by atoms with Gasteiger partial charge in [0.25, 0.3) is 0 Å². The zero-order valence-electron chi connectivity index (χ0n) is 32.1. The number of nitrogens with zero attached hydrogens (tertiary/aromatic N) is 2. The van der Waals surface area contributed by atoms with Crippen molar-refractivity contribution in [2.45, 2.75) is 71.1 Å². The molecule has 292 valence electrons. The summed E-state index contributed by atoms with van der Waals surface area (Å²) in [5.41, 5.74) is 8.51. The van der Waals surface area contributed by atoms with Gasteiger partial charge in [-0.1, -0.05) is 73.7 Å². The van der Waals surface area contributed by atoms with E-state index in [1.54, 1.807) is 29.7 Å². The topological polar surface area (TPSA) is 108 Å². The van der Waals surface area contributed by atoms with Crippen LogP contribution in [0.5, 0.6) is 17.2 Å². The van der Waals surface area contributed by atoms with Crippen molar-refractivity contribution >= 4 is 44.8 Å². The molecule has 1 heterocycles. The number of anilines is 1. The second-order valence-corrected chi connectivity index (χ2v) is 15.1. The number of hydrogen-bond acceptors (Lipinski definition) is 10. The van der Waals surface area contributed by atoms with Gasteiger partial charge in [0, 0.05) is 11.6 Å². The van der Waals surface area contributed by atoms with E-state index in [2.05, 4.69) is 71.5 Å². The summed E-state index contributed by atoms with van der Waals surface area (Å²) in [7, 11) is 0. The molecule has 0 saturated heterocycles. The van der Waals surface area contributed by atoms with Gasteiger partial charge >= 0.3 is 11.9 Å². The second kappa shape index (κ2) is 21.0. The Morgan fingerprint density at radius 3 is 2.34 bits per heavy atom. The van der Waals surface area contributed by atoms with Crippen LogP contribution in [0.4, 0.5) is 5.13 Å². The van der Waals surface area contributed by atoms with E-state index in [9.17, 15) is 9.59 Å². The number of thiazole rings is 1. The SMILES string of the molecule is C=CC(=O)OCCCCCCOc1ccc(OC(=O)C2CCC(COc3ccc(-c4ccc(CCC)cc4)cc3/C=N/Nc3nc4ccccc4s3)CC2)cc1. The Kier molecular flexibility index (Phi) is 15.1. The highest BCUT2D eigenvalue weighted by atomic mass is 32.1. The largest absolute Gasteiger partial charge is 0.494 e. The number of nitrogens with one attached hydrogen (secondary N) is 1. The van der Waals surface area contributed by atoms with E-state index in [4.69, 9.17) is 18.9 Å². The molecule has 0 spiro atoms. The molecule has 0 atom stereocenters. The van der Waals surface area contributed by atoms with Gasteiger partial charge in [-0.3, -0.25) is 10.2 Å². The number of benzene rings is 4. The summed E-state index contributed by atoms with van der Waals surface area (Å²) in [6.45, 7) is 7.15.